The van der Waals surface area contributed by atoms with Gasteiger partial charge < -0.3 is 14.5 Å². The smallest absolute Gasteiger partial charge is 0.281 e. The third kappa shape index (κ3) is 4.70. The van der Waals surface area contributed by atoms with Crippen molar-refractivity contribution in [1.82, 2.24) is 10.2 Å². The average molecular weight is 377 g/mol. The van der Waals surface area contributed by atoms with Gasteiger partial charge in [0, 0.05) is 0 Å². The Kier molecular flexibility index (Phi) is 6.40. The minimum Gasteiger partial charge on any atom is -0.492 e. The zero-order valence-electron chi connectivity index (χ0n) is 15.3. The fourth-order valence-electron chi connectivity index (χ4n) is 3.07. The maximum Gasteiger partial charge on any atom is 0.281 e. The van der Waals surface area contributed by atoms with E-state index >= 15 is 0 Å². The molecule has 140 valence electrons. The van der Waals surface area contributed by atoms with E-state index in [-0.39, 0.29) is 5.91 Å². The summed E-state index contributed by atoms with van der Waals surface area (Å²) in [7, 11) is 0. The molecule has 1 aliphatic heterocycles. The molecule has 3 rings (SSSR count). The van der Waals surface area contributed by atoms with E-state index < -0.39 is 0 Å². The van der Waals surface area contributed by atoms with Gasteiger partial charge >= 0.3 is 0 Å². The van der Waals surface area contributed by atoms with Crippen LogP contribution in [-0.4, -0.2) is 55.4 Å². The number of carbonyl (C=O) groups excluding carboxylic acids is 1. The second kappa shape index (κ2) is 8.95. The Labute approximate surface area is 158 Å². The monoisotopic (exact) mass is 376 g/mol. The molecular formula is C18H26N5O2S+. The molecule has 2 N–H and O–H groups in total. The normalized spacial score (nSPS) is 15.1. The zero-order chi connectivity index (χ0) is 18.4. The molecule has 26 heavy (non-hydrogen) atoms. The third-order valence-electron chi connectivity index (χ3n) is 4.40. The van der Waals surface area contributed by atoms with Crippen LogP contribution in [0.15, 0.2) is 24.3 Å². The maximum absolute atomic E-state index is 12.2. The minimum absolute atomic E-state index is 0.00182. The van der Waals surface area contributed by atoms with Gasteiger partial charge in [0.05, 0.1) is 38.5 Å². The van der Waals surface area contributed by atoms with E-state index in [4.69, 9.17) is 4.74 Å². The molecule has 8 heteroatoms. The van der Waals surface area contributed by atoms with E-state index in [0.29, 0.717) is 18.3 Å². The van der Waals surface area contributed by atoms with Crippen molar-refractivity contribution >= 4 is 28.1 Å². The Morgan fingerprint density at radius 3 is 2.73 bits per heavy atom. The van der Waals surface area contributed by atoms with Gasteiger partial charge in [-0.05, 0) is 25.5 Å². The van der Waals surface area contributed by atoms with Crippen molar-refractivity contribution in [2.75, 3.05) is 49.5 Å². The number of benzene rings is 1. The van der Waals surface area contributed by atoms with Crippen molar-refractivity contribution in [1.29, 1.82) is 0 Å². The summed E-state index contributed by atoms with van der Waals surface area (Å²) >= 11 is 1.44. The average Bonchev–Trinajstić information content (AvgIpc) is 3.10. The number of aryl methyl sites for hydroxylation is 1. The first-order valence-electron chi connectivity index (χ1n) is 9.12. The Morgan fingerprint density at radius 2 is 2.04 bits per heavy atom. The molecule has 7 nitrogen and oxygen atoms in total. The molecule has 1 fully saturated rings. The summed E-state index contributed by atoms with van der Waals surface area (Å²) in [5.41, 5.74) is 1.14. The van der Waals surface area contributed by atoms with E-state index in [1.54, 1.807) is 0 Å². The lowest BCUT2D eigenvalue weighted by atomic mass is 10.2. The number of quaternary nitrogens is 1. The molecule has 2 heterocycles. The number of anilines is 2. The molecule has 1 amide bonds. The maximum atomic E-state index is 12.2. The van der Waals surface area contributed by atoms with Crippen LogP contribution in [0.2, 0.25) is 0 Å². The quantitative estimate of drug-likeness (QED) is 0.749. The van der Waals surface area contributed by atoms with Gasteiger partial charge in [-0.3, -0.25) is 10.1 Å². The van der Waals surface area contributed by atoms with Gasteiger partial charge in [-0.15, -0.1) is 10.2 Å². The molecular weight excluding hydrogens is 350 g/mol. The second-order valence-electron chi connectivity index (χ2n) is 6.22. The number of nitrogens with zero attached hydrogens (tertiary/aromatic N) is 3. The van der Waals surface area contributed by atoms with Crippen molar-refractivity contribution < 1.29 is 14.4 Å². The van der Waals surface area contributed by atoms with Crippen LogP contribution < -0.4 is 19.9 Å². The molecule has 1 saturated heterocycles. The fraction of sp³-hybridized carbons (Fsp3) is 0.500. The SMILES string of the molecule is CCOc1ccccc1N1CC[NH+](CC(=O)Nc2nnc(CC)s2)CC1. The van der Waals surface area contributed by atoms with Crippen LogP contribution >= 0.6 is 11.3 Å². The number of amides is 1. The molecule has 0 saturated carbocycles. The predicted octanol–water partition coefficient (Wildman–Crippen LogP) is 0.843. The van der Waals surface area contributed by atoms with Gasteiger partial charge in [0.25, 0.3) is 5.91 Å². The van der Waals surface area contributed by atoms with Gasteiger partial charge in [-0.2, -0.15) is 0 Å². The summed E-state index contributed by atoms with van der Waals surface area (Å²) in [6.07, 6.45) is 0.837. The van der Waals surface area contributed by atoms with Crippen LogP contribution in [0.5, 0.6) is 5.75 Å². The van der Waals surface area contributed by atoms with Crippen LogP contribution in [0.3, 0.4) is 0 Å². The highest BCUT2D eigenvalue weighted by atomic mass is 32.1. The lowest BCUT2D eigenvalue weighted by Gasteiger charge is -2.34. The van der Waals surface area contributed by atoms with Gasteiger partial charge in [-0.1, -0.05) is 30.4 Å². The van der Waals surface area contributed by atoms with E-state index in [1.807, 2.05) is 32.0 Å². The van der Waals surface area contributed by atoms with E-state index in [0.717, 1.165) is 49.0 Å². The number of nitrogens with one attached hydrogen (secondary N) is 2. The summed E-state index contributed by atoms with van der Waals surface area (Å²) in [6, 6.07) is 8.15. The van der Waals surface area contributed by atoms with E-state index in [9.17, 15) is 4.79 Å². The number of hydrogen-bond donors (Lipinski definition) is 2. The molecule has 0 radical (unpaired) electrons. The second-order valence-corrected chi connectivity index (χ2v) is 7.28. The van der Waals surface area contributed by atoms with Gasteiger partial charge in [0.1, 0.15) is 10.8 Å². The van der Waals surface area contributed by atoms with Gasteiger partial charge in [0.15, 0.2) is 6.54 Å². The van der Waals surface area contributed by atoms with E-state index in [1.165, 1.54) is 16.2 Å². The Balaban J connectivity index is 1.50. The molecule has 0 atom stereocenters. The van der Waals surface area contributed by atoms with Crippen molar-refractivity contribution in [2.45, 2.75) is 20.3 Å². The summed E-state index contributed by atoms with van der Waals surface area (Å²) in [4.78, 5) is 15.9. The molecule has 0 bridgehead atoms. The van der Waals surface area contributed by atoms with Crippen molar-refractivity contribution in [3.8, 4) is 5.75 Å². The number of para-hydroxylation sites is 2. The van der Waals surface area contributed by atoms with Crippen molar-refractivity contribution in [3.05, 3.63) is 29.3 Å². The first kappa shape index (κ1) is 18.6. The van der Waals surface area contributed by atoms with Crippen molar-refractivity contribution in [2.24, 2.45) is 0 Å². The summed E-state index contributed by atoms with van der Waals surface area (Å²) in [5, 5.41) is 12.4. The minimum atomic E-state index is 0.00182. The van der Waals surface area contributed by atoms with Crippen LogP contribution in [0.25, 0.3) is 0 Å². The summed E-state index contributed by atoms with van der Waals surface area (Å²) < 4.78 is 5.73. The topological polar surface area (TPSA) is 71.8 Å². The van der Waals surface area contributed by atoms with Gasteiger partial charge in [0.2, 0.25) is 5.13 Å². The van der Waals surface area contributed by atoms with Crippen molar-refractivity contribution in [3.63, 3.8) is 0 Å². The fourth-order valence-corrected chi connectivity index (χ4v) is 3.77. The van der Waals surface area contributed by atoms with Crippen LogP contribution in [0, 0.1) is 0 Å². The number of aromatic nitrogens is 2. The molecule has 1 aromatic carbocycles. The largest absolute Gasteiger partial charge is 0.492 e. The number of carbonyl (C=O) groups is 1. The molecule has 0 spiro atoms. The molecule has 1 aliphatic rings. The standard InChI is InChI=1S/C18H25N5O2S/c1-3-17-20-21-18(26-17)19-16(24)13-22-9-11-23(12-10-22)14-7-5-6-8-15(14)25-4-2/h5-8H,3-4,9-13H2,1-2H3,(H,19,21,24)/p+1. The third-order valence-corrected chi connectivity index (χ3v) is 5.39. The zero-order valence-corrected chi connectivity index (χ0v) is 16.1. The van der Waals surface area contributed by atoms with E-state index in [2.05, 4.69) is 26.5 Å². The highest BCUT2D eigenvalue weighted by Gasteiger charge is 2.24. The molecule has 1 aromatic heterocycles. The highest BCUT2D eigenvalue weighted by molar-refractivity contribution is 7.15. The number of rotatable bonds is 7. The first-order chi connectivity index (χ1) is 12.7. The number of piperazine rings is 1. The molecule has 0 unspecified atom stereocenters. The summed E-state index contributed by atoms with van der Waals surface area (Å²) in [5.74, 6) is 0.932. The Hall–Kier alpha value is -2.19. The molecule has 0 aliphatic carbocycles. The number of ether oxygens (including phenoxy) is 1. The highest BCUT2D eigenvalue weighted by Crippen LogP contribution is 2.27. The summed E-state index contributed by atoms with van der Waals surface area (Å²) in [6.45, 7) is 8.81. The van der Waals surface area contributed by atoms with Gasteiger partial charge in [-0.25, -0.2) is 0 Å². The Bertz CT molecular complexity index is 728. The van der Waals surface area contributed by atoms with Crippen LogP contribution in [-0.2, 0) is 11.2 Å². The first-order valence-corrected chi connectivity index (χ1v) is 9.93. The lowest BCUT2D eigenvalue weighted by molar-refractivity contribution is -0.892. The lowest BCUT2D eigenvalue weighted by Crippen LogP contribution is -3.15. The number of hydrogen-bond acceptors (Lipinski definition) is 6. The molecule has 2 aromatic rings. The Morgan fingerprint density at radius 1 is 1.27 bits per heavy atom. The predicted molar refractivity (Wildman–Crippen MR) is 103 cm³/mol. The van der Waals surface area contributed by atoms with Crippen LogP contribution in [0.1, 0.15) is 18.9 Å². The van der Waals surface area contributed by atoms with Crippen LogP contribution in [0.4, 0.5) is 10.8 Å².